The van der Waals surface area contributed by atoms with Crippen LogP contribution in [0.3, 0.4) is 0 Å². The predicted octanol–water partition coefficient (Wildman–Crippen LogP) is 12.6. The molecule has 1 atom stereocenters. The third-order valence-corrected chi connectivity index (χ3v) is 9.37. The van der Waals surface area contributed by atoms with Crippen molar-refractivity contribution in [2.45, 2.75) is 206 Å². The van der Waals surface area contributed by atoms with E-state index in [4.69, 9.17) is 19.3 Å². The Bertz CT molecular complexity index is 926. The van der Waals surface area contributed by atoms with Crippen molar-refractivity contribution < 1.29 is 37.9 Å². The summed E-state index contributed by atoms with van der Waals surface area (Å²) < 4.78 is 26.4. The van der Waals surface area contributed by atoms with Gasteiger partial charge < -0.3 is 19.3 Å². The van der Waals surface area contributed by atoms with Gasteiger partial charge in [0.1, 0.15) is 6.61 Å². The first-order valence-electron chi connectivity index (χ1n) is 20.8. The Kier molecular flexibility index (Phi) is 36.7. The van der Waals surface area contributed by atoms with Crippen LogP contribution in [0.25, 0.3) is 0 Å². The van der Waals surface area contributed by atoms with Crippen molar-refractivity contribution >= 4 is 19.8 Å². The highest BCUT2D eigenvalue weighted by Gasteiger charge is 2.22. The lowest BCUT2D eigenvalue weighted by Crippen LogP contribution is -2.29. The second-order valence-corrected chi connectivity index (χ2v) is 15.2. The zero-order chi connectivity index (χ0) is 37.5. The molecule has 0 aliphatic carbocycles. The monoisotopic (exact) mass is 741 g/mol. The van der Waals surface area contributed by atoms with Crippen molar-refractivity contribution in [3.05, 3.63) is 36.5 Å². The second kappa shape index (κ2) is 38.0. The molecule has 0 aromatic carbocycles. The maximum absolute atomic E-state index is 12.4. The van der Waals surface area contributed by atoms with E-state index >= 15 is 0 Å². The average Bonchev–Trinajstić information content (AvgIpc) is 3.10. The Labute approximate surface area is 312 Å². The molecule has 298 valence electrons. The molecule has 8 nitrogen and oxygen atoms in total. The van der Waals surface area contributed by atoms with Crippen molar-refractivity contribution in [1.29, 1.82) is 0 Å². The minimum atomic E-state index is -4.76. The van der Waals surface area contributed by atoms with E-state index in [1.165, 1.54) is 96.3 Å². The summed E-state index contributed by atoms with van der Waals surface area (Å²) in [4.78, 5) is 42.8. The lowest BCUT2D eigenvalue weighted by molar-refractivity contribution is -0.161. The van der Waals surface area contributed by atoms with Crippen LogP contribution < -0.4 is 0 Å². The second-order valence-electron chi connectivity index (χ2n) is 14.0. The van der Waals surface area contributed by atoms with Crippen molar-refractivity contribution in [2.75, 3.05) is 13.2 Å². The number of carbonyl (C=O) groups is 2. The summed E-state index contributed by atoms with van der Waals surface area (Å²) >= 11 is 0. The van der Waals surface area contributed by atoms with Gasteiger partial charge in [-0.3, -0.25) is 14.1 Å². The summed E-state index contributed by atoms with van der Waals surface area (Å²) in [5.74, 6) is -0.900. The molecule has 0 aliphatic heterocycles. The van der Waals surface area contributed by atoms with Crippen LogP contribution in [0.1, 0.15) is 200 Å². The van der Waals surface area contributed by atoms with E-state index in [1.807, 2.05) is 0 Å². The number of carbonyl (C=O) groups excluding carboxylic acids is 2. The van der Waals surface area contributed by atoms with Gasteiger partial charge >= 0.3 is 19.8 Å². The number of unbranched alkanes of at least 4 members (excludes halogenated alkanes) is 22. The van der Waals surface area contributed by atoms with Crippen LogP contribution in [-0.4, -0.2) is 41.0 Å². The third kappa shape index (κ3) is 40.9. The van der Waals surface area contributed by atoms with E-state index in [0.717, 1.165) is 64.2 Å². The first kappa shape index (κ1) is 49.3. The smallest absolute Gasteiger partial charge is 0.462 e. The van der Waals surface area contributed by atoms with Crippen LogP contribution in [0.15, 0.2) is 36.5 Å². The average molecular weight is 741 g/mol. The van der Waals surface area contributed by atoms with Crippen LogP contribution in [0.4, 0.5) is 0 Å². The Morgan fingerprint density at radius 1 is 0.510 bits per heavy atom. The summed E-state index contributed by atoms with van der Waals surface area (Å²) in [6.45, 7) is 3.65. The highest BCUT2D eigenvalue weighted by atomic mass is 31.2. The molecule has 0 fully saturated rings. The summed E-state index contributed by atoms with van der Waals surface area (Å²) in [6.07, 6.45) is 44.3. The lowest BCUT2D eigenvalue weighted by atomic mass is 10.1. The van der Waals surface area contributed by atoms with E-state index in [2.05, 4.69) is 54.8 Å². The molecule has 0 rings (SSSR count). The molecule has 2 N–H and O–H groups in total. The largest absolute Gasteiger partial charge is 0.469 e. The zero-order valence-corrected chi connectivity index (χ0v) is 33.6. The van der Waals surface area contributed by atoms with Crippen LogP contribution in [-0.2, 0) is 28.2 Å². The van der Waals surface area contributed by atoms with Crippen molar-refractivity contribution in [3.63, 3.8) is 0 Å². The zero-order valence-electron chi connectivity index (χ0n) is 32.8. The quantitative estimate of drug-likeness (QED) is 0.0278. The van der Waals surface area contributed by atoms with Gasteiger partial charge in [-0.15, -0.1) is 0 Å². The van der Waals surface area contributed by atoms with E-state index in [0.29, 0.717) is 12.8 Å². The summed E-state index contributed by atoms with van der Waals surface area (Å²) in [5.41, 5.74) is 0. The molecule has 0 saturated heterocycles. The van der Waals surface area contributed by atoms with Gasteiger partial charge in [0.15, 0.2) is 6.10 Å². The van der Waals surface area contributed by atoms with Gasteiger partial charge in [-0.25, -0.2) is 4.57 Å². The number of esters is 2. The minimum absolute atomic E-state index is 0.202. The van der Waals surface area contributed by atoms with E-state index < -0.39 is 32.5 Å². The standard InChI is InChI=1S/C42H77O8P/c1-3-5-7-9-11-13-15-17-19-21-23-25-27-29-31-33-35-37-42(44)50-40(39-49-51(45,46)47)38-48-41(43)36-34-32-30-28-26-24-22-20-18-16-14-12-10-8-6-4-2/h11,13,17,19-20,22,40H,3-10,12,14-16,18,21,23-39H2,1-2H3,(H2,45,46,47)/b13-11-,19-17-,22-20-. The van der Waals surface area contributed by atoms with E-state index in [-0.39, 0.29) is 19.4 Å². The van der Waals surface area contributed by atoms with Crippen LogP contribution >= 0.6 is 7.82 Å². The Hall–Kier alpha value is -1.73. The number of allylic oxidation sites excluding steroid dienone is 6. The first-order valence-corrected chi connectivity index (χ1v) is 22.3. The highest BCUT2D eigenvalue weighted by Crippen LogP contribution is 2.36. The molecule has 0 aromatic rings. The first-order chi connectivity index (χ1) is 24.8. The van der Waals surface area contributed by atoms with Crippen LogP contribution in [0.2, 0.25) is 0 Å². The third-order valence-electron chi connectivity index (χ3n) is 8.88. The van der Waals surface area contributed by atoms with Gasteiger partial charge in [0, 0.05) is 12.8 Å². The van der Waals surface area contributed by atoms with Gasteiger partial charge in [0.25, 0.3) is 0 Å². The number of phosphoric acid groups is 1. The molecule has 1 unspecified atom stereocenters. The molecule has 0 bridgehead atoms. The highest BCUT2D eigenvalue weighted by molar-refractivity contribution is 7.46. The fourth-order valence-corrected chi connectivity index (χ4v) is 6.11. The molecule has 0 aliphatic rings. The summed E-state index contributed by atoms with van der Waals surface area (Å²) in [5, 5.41) is 0. The van der Waals surface area contributed by atoms with Gasteiger partial charge in [-0.1, -0.05) is 153 Å². The maximum Gasteiger partial charge on any atom is 0.469 e. The normalized spacial score (nSPS) is 12.8. The van der Waals surface area contributed by atoms with Crippen molar-refractivity contribution in [1.82, 2.24) is 0 Å². The maximum atomic E-state index is 12.4. The molecule has 0 amide bonds. The van der Waals surface area contributed by atoms with Gasteiger partial charge in [0.05, 0.1) is 6.61 Å². The molecule has 9 heteroatoms. The molecule has 0 aromatic heterocycles. The Morgan fingerprint density at radius 2 is 0.882 bits per heavy atom. The molecule has 0 spiro atoms. The topological polar surface area (TPSA) is 119 Å². The number of rotatable bonds is 38. The van der Waals surface area contributed by atoms with E-state index in [9.17, 15) is 14.2 Å². The Balaban J connectivity index is 3.95. The number of ether oxygens (including phenoxy) is 2. The predicted molar refractivity (Wildman–Crippen MR) is 211 cm³/mol. The fraction of sp³-hybridized carbons (Fsp3) is 0.810. The summed E-state index contributed by atoms with van der Waals surface area (Å²) in [7, 11) is -4.76. The van der Waals surface area contributed by atoms with Crippen LogP contribution in [0, 0.1) is 0 Å². The number of hydrogen-bond donors (Lipinski definition) is 2. The SMILES string of the molecule is CCCCC/C=C\C/C=C\CCCCCCCCCC(=O)OC(COC(=O)CCCCCCC/C=C\CCCCCCCCC)COP(=O)(O)O. The molecule has 0 saturated carbocycles. The van der Waals surface area contributed by atoms with Crippen molar-refractivity contribution in [3.8, 4) is 0 Å². The van der Waals surface area contributed by atoms with Gasteiger partial charge in [0.2, 0.25) is 0 Å². The molecule has 0 heterocycles. The Morgan fingerprint density at radius 3 is 1.35 bits per heavy atom. The molecule has 51 heavy (non-hydrogen) atoms. The van der Waals surface area contributed by atoms with Gasteiger partial charge in [-0.05, 0) is 70.6 Å². The van der Waals surface area contributed by atoms with Crippen molar-refractivity contribution in [2.24, 2.45) is 0 Å². The molecule has 0 radical (unpaired) electrons. The number of hydrogen-bond acceptors (Lipinski definition) is 6. The molecular formula is C42H77O8P. The fourth-order valence-electron chi connectivity index (χ4n) is 5.75. The van der Waals surface area contributed by atoms with Gasteiger partial charge in [-0.2, -0.15) is 0 Å². The van der Waals surface area contributed by atoms with E-state index in [1.54, 1.807) is 0 Å². The summed E-state index contributed by atoms with van der Waals surface area (Å²) in [6, 6.07) is 0. The number of phosphoric ester groups is 1. The molecular weight excluding hydrogens is 663 g/mol. The van der Waals surface area contributed by atoms with Crippen LogP contribution in [0.5, 0.6) is 0 Å². The lowest BCUT2D eigenvalue weighted by Gasteiger charge is -2.18. The minimum Gasteiger partial charge on any atom is -0.462 e.